The van der Waals surface area contributed by atoms with E-state index in [1.807, 2.05) is 12.3 Å². The van der Waals surface area contributed by atoms with Gasteiger partial charge in [-0.1, -0.05) is 6.92 Å². The van der Waals surface area contributed by atoms with Gasteiger partial charge in [0.25, 0.3) is 0 Å². The summed E-state index contributed by atoms with van der Waals surface area (Å²) >= 11 is 0. The number of hydrogen-bond acceptors (Lipinski definition) is 5. The van der Waals surface area contributed by atoms with Gasteiger partial charge in [0, 0.05) is 24.6 Å². The van der Waals surface area contributed by atoms with Crippen LogP contribution < -0.4 is 16.8 Å². The van der Waals surface area contributed by atoms with E-state index in [0.717, 1.165) is 55.7 Å². The number of rotatable bonds is 4. The van der Waals surface area contributed by atoms with Gasteiger partial charge in [-0.15, -0.1) is 5.10 Å². The highest BCUT2D eigenvalue weighted by Crippen LogP contribution is 2.32. The standard InChI is InChI=1S/C15H24N6/c1-2-7-18-12-8-14(17)20-21-9-13(19-15(12)21)10-3-5-11(16)6-4-10/h8-11,18H,2-7,16H2,1H3,(H2,17,20)/t10-,11-. The first-order valence-electron chi connectivity index (χ1n) is 7.82. The Hall–Kier alpha value is -1.82. The van der Waals surface area contributed by atoms with E-state index in [1.54, 1.807) is 4.52 Å². The van der Waals surface area contributed by atoms with E-state index >= 15 is 0 Å². The highest BCUT2D eigenvalue weighted by atomic mass is 15.3. The number of nitrogens with zero attached hydrogens (tertiary/aromatic N) is 3. The molecule has 0 aromatic carbocycles. The van der Waals surface area contributed by atoms with Crippen molar-refractivity contribution in [1.29, 1.82) is 0 Å². The highest BCUT2D eigenvalue weighted by molar-refractivity contribution is 5.70. The van der Waals surface area contributed by atoms with Crippen LogP contribution in [-0.2, 0) is 0 Å². The zero-order valence-corrected chi connectivity index (χ0v) is 12.5. The van der Waals surface area contributed by atoms with Crippen molar-refractivity contribution in [2.75, 3.05) is 17.6 Å². The van der Waals surface area contributed by atoms with E-state index in [1.165, 1.54) is 0 Å². The summed E-state index contributed by atoms with van der Waals surface area (Å²) in [7, 11) is 0. The van der Waals surface area contributed by atoms with E-state index < -0.39 is 0 Å². The van der Waals surface area contributed by atoms with Gasteiger partial charge in [-0.05, 0) is 32.1 Å². The fraction of sp³-hybridized carbons (Fsp3) is 0.600. The molecule has 0 radical (unpaired) electrons. The third-order valence-electron chi connectivity index (χ3n) is 4.22. The number of anilines is 2. The Morgan fingerprint density at radius 1 is 1.33 bits per heavy atom. The Bertz CT molecular complexity index is 612. The number of hydrogen-bond donors (Lipinski definition) is 3. The Balaban J connectivity index is 1.91. The van der Waals surface area contributed by atoms with Gasteiger partial charge in [0.1, 0.15) is 5.82 Å². The molecule has 3 rings (SSSR count). The summed E-state index contributed by atoms with van der Waals surface area (Å²) in [5.74, 6) is 1.00. The smallest absolute Gasteiger partial charge is 0.177 e. The van der Waals surface area contributed by atoms with Crippen molar-refractivity contribution in [3.05, 3.63) is 18.0 Å². The Morgan fingerprint density at radius 3 is 2.81 bits per heavy atom. The van der Waals surface area contributed by atoms with E-state index in [2.05, 4.69) is 17.3 Å². The van der Waals surface area contributed by atoms with Crippen molar-refractivity contribution in [2.24, 2.45) is 5.73 Å². The van der Waals surface area contributed by atoms with E-state index in [0.29, 0.717) is 17.8 Å². The molecule has 1 aliphatic rings. The lowest BCUT2D eigenvalue weighted by Gasteiger charge is -2.24. The van der Waals surface area contributed by atoms with Crippen LogP contribution in [0.4, 0.5) is 11.5 Å². The monoisotopic (exact) mass is 288 g/mol. The van der Waals surface area contributed by atoms with Crippen LogP contribution in [-0.4, -0.2) is 27.2 Å². The predicted octanol–water partition coefficient (Wildman–Crippen LogP) is 2.12. The summed E-state index contributed by atoms with van der Waals surface area (Å²) in [4.78, 5) is 4.80. The van der Waals surface area contributed by atoms with Gasteiger partial charge in [0.05, 0.1) is 17.6 Å². The fourth-order valence-corrected chi connectivity index (χ4v) is 3.02. The second kappa shape index (κ2) is 5.89. The van der Waals surface area contributed by atoms with Crippen LogP contribution in [0.1, 0.15) is 50.6 Å². The van der Waals surface area contributed by atoms with Crippen molar-refractivity contribution in [3.63, 3.8) is 0 Å². The summed E-state index contributed by atoms with van der Waals surface area (Å²) < 4.78 is 1.80. The minimum absolute atomic E-state index is 0.355. The molecular weight excluding hydrogens is 264 g/mol. The molecule has 1 aliphatic carbocycles. The third kappa shape index (κ3) is 2.95. The van der Waals surface area contributed by atoms with Gasteiger partial charge < -0.3 is 16.8 Å². The molecule has 2 aromatic heterocycles. The van der Waals surface area contributed by atoms with Crippen LogP contribution in [0.2, 0.25) is 0 Å². The molecule has 114 valence electrons. The topological polar surface area (TPSA) is 94.3 Å². The van der Waals surface area contributed by atoms with Crippen LogP contribution in [0.15, 0.2) is 12.3 Å². The van der Waals surface area contributed by atoms with Gasteiger partial charge in [-0.25, -0.2) is 9.50 Å². The van der Waals surface area contributed by atoms with Crippen LogP contribution in [0, 0.1) is 0 Å². The average Bonchev–Trinajstić information content (AvgIpc) is 2.89. The minimum Gasteiger partial charge on any atom is -0.382 e. The molecule has 0 aliphatic heterocycles. The summed E-state index contributed by atoms with van der Waals surface area (Å²) in [6, 6.07) is 2.22. The maximum absolute atomic E-state index is 5.98. The number of imidazole rings is 1. The highest BCUT2D eigenvalue weighted by Gasteiger charge is 2.23. The van der Waals surface area contributed by atoms with Gasteiger partial charge >= 0.3 is 0 Å². The van der Waals surface area contributed by atoms with Crippen molar-refractivity contribution in [3.8, 4) is 0 Å². The summed E-state index contributed by atoms with van der Waals surface area (Å²) in [6.45, 7) is 3.04. The molecule has 6 heteroatoms. The molecule has 0 bridgehead atoms. The van der Waals surface area contributed by atoms with Crippen LogP contribution in [0.5, 0.6) is 0 Å². The Morgan fingerprint density at radius 2 is 2.10 bits per heavy atom. The fourth-order valence-electron chi connectivity index (χ4n) is 3.02. The zero-order valence-electron chi connectivity index (χ0n) is 12.5. The van der Waals surface area contributed by atoms with Crippen LogP contribution >= 0.6 is 0 Å². The summed E-state index contributed by atoms with van der Waals surface area (Å²) in [5.41, 5.74) is 14.8. The van der Waals surface area contributed by atoms with Crippen molar-refractivity contribution in [1.82, 2.24) is 14.6 Å². The molecule has 0 unspecified atom stereocenters. The van der Waals surface area contributed by atoms with Gasteiger partial charge in [0.15, 0.2) is 5.65 Å². The van der Waals surface area contributed by atoms with Crippen LogP contribution in [0.25, 0.3) is 5.65 Å². The van der Waals surface area contributed by atoms with Crippen molar-refractivity contribution in [2.45, 2.75) is 51.0 Å². The van der Waals surface area contributed by atoms with Gasteiger partial charge in [-0.3, -0.25) is 0 Å². The number of nitrogens with one attached hydrogen (secondary N) is 1. The first-order valence-corrected chi connectivity index (χ1v) is 7.82. The zero-order chi connectivity index (χ0) is 14.8. The van der Waals surface area contributed by atoms with E-state index in [-0.39, 0.29) is 0 Å². The molecule has 0 saturated heterocycles. The summed E-state index contributed by atoms with van der Waals surface area (Å²) in [6.07, 6.45) is 7.45. The van der Waals surface area contributed by atoms with Crippen molar-refractivity contribution >= 4 is 17.2 Å². The molecule has 21 heavy (non-hydrogen) atoms. The predicted molar refractivity (Wildman–Crippen MR) is 85.4 cm³/mol. The lowest BCUT2D eigenvalue weighted by Crippen LogP contribution is -2.25. The Kier molecular flexibility index (Phi) is 3.96. The molecule has 6 nitrogen and oxygen atoms in total. The number of fused-ring (bicyclic) bond motifs is 1. The maximum atomic E-state index is 5.98. The molecule has 2 aromatic rings. The van der Waals surface area contributed by atoms with Gasteiger partial charge in [-0.2, -0.15) is 0 Å². The molecule has 0 atom stereocenters. The van der Waals surface area contributed by atoms with Crippen molar-refractivity contribution < 1.29 is 0 Å². The summed E-state index contributed by atoms with van der Waals surface area (Å²) in [5, 5.41) is 7.72. The lowest BCUT2D eigenvalue weighted by molar-refractivity contribution is 0.391. The molecule has 0 spiro atoms. The van der Waals surface area contributed by atoms with E-state index in [9.17, 15) is 0 Å². The first-order chi connectivity index (χ1) is 10.2. The SMILES string of the molecule is CCCNc1cc(N)nn2cc([C@H]3CC[C@H](N)CC3)nc12. The molecule has 5 N–H and O–H groups in total. The minimum atomic E-state index is 0.355. The third-order valence-corrected chi connectivity index (χ3v) is 4.22. The van der Waals surface area contributed by atoms with Crippen LogP contribution in [0.3, 0.4) is 0 Å². The normalized spacial score (nSPS) is 22.6. The largest absolute Gasteiger partial charge is 0.382 e. The first kappa shape index (κ1) is 14.1. The van der Waals surface area contributed by atoms with E-state index in [4.69, 9.17) is 16.5 Å². The second-order valence-corrected chi connectivity index (χ2v) is 5.96. The quantitative estimate of drug-likeness (QED) is 0.801. The second-order valence-electron chi connectivity index (χ2n) is 5.96. The molecule has 2 heterocycles. The molecule has 1 saturated carbocycles. The lowest BCUT2D eigenvalue weighted by atomic mass is 9.85. The molecular formula is C15H24N6. The average molecular weight is 288 g/mol. The Labute approximate surface area is 124 Å². The maximum Gasteiger partial charge on any atom is 0.177 e. The number of aromatic nitrogens is 3. The number of nitrogen functional groups attached to an aromatic ring is 1. The molecule has 0 amide bonds. The molecule has 1 fully saturated rings. The van der Waals surface area contributed by atoms with Gasteiger partial charge in [0.2, 0.25) is 0 Å². The number of nitrogens with two attached hydrogens (primary N) is 2.